The zero-order chi connectivity index (χ0) is 27.2. The summed E-state index contributed by atoms with van der Waals surface area (Å²) in [5.74, 6) is 0.496. The number of ether oxygens (including phenoxy) is 1. The molecule has 1 aliphatic rings. The number of carbonyl (C=O) groups excluding carboxylic acids is 2. The minimum atomic E-state index is -0.593. The van der Waals surface area contributed by atoms with Crippen molar-refractivity contribution in [3.8, 4) is 11.5 Å². The molecule has 8 nitrogen and oxygen atoms in total. The van der Waals surface area contributed by atoms with E-state index in [-0.39, 0.29) is 30.1 Å². The number of benzene rings is 2. The maximum Gasteiger partial charge on any atom is 0.247 e. The predicted molar refractivity (Wildman–Crippen MR) is 147 cm³/mol. The average Bonchev–Trinajstić information content (AvgIpc) is 3.68. The van der Waals surface area contributed by atoms with Gasteiger partial charge in [-0.1, -0.05) is 11.6 Å². The smallest absolute Gasteiger partial charge is 0.247 e. The van der Waals surface area contributed by atoms with Crippen molar-refractivity contribution in [2.75, 3.05) is 11.9 Å². The standard InChI is InChI=1S/C28H27ClFN5O3S/c29-26-13-12-24(39-26)3-1-2-19-16-25(34(17-19)27(36)18-35-31-14-15-32-35)28(37)33-21-6-10-23(11-7-21)38-22-8-4-20(30)5-9-22/h4-15,19,25H,1-3,16-18H2,(H,33,37). The zero-order valence-electron chi connectivity index (χ0n) is 21.0. The van der Waals surface area contributed by atoms with Gasteiger partial charge in [0, 0.05) is 17.1 Å². The highest BCUT2D eigenvalue weighted by molar-refractivity contribution is 7.16. The average molecular weight is 568 g/mol. The van der Waals surface area contributed by atoms with Crippen LogP contribution < -0.4 is 10.1 Å². The second-order valence-corrected chi connectivity index (χ2v) is 11.2. The maximum atomic E-state index is 13.4. The Labute approximate surface area is 234 Å². The van der Waals surface area contributed by atoms with Crippen LogP contribution in [0, 0.1) is 11.7 Å². The van der Waals surface area contributed by atoms with Crippen molar-refractivity contribution in [1.29, 1.82) is 0 Å². The summed E-state index contributed by atoms with van der Waals surface area (Å²) in [5, 5.41) is 11.0. The third kappa shape index (κ3) is 7.21. The molecule has 0 radical (unpaired) electrons. The summed E-state index contributed by atoms with van der Waals surface area (Å²) in [6.07, 6.45) is 6.39. The number of aromatic nitrogens is 3. The van der Waals surface area contributed by atoms with E-state index in [9.17, 15) is 14.0 Å². The molecule has 1 N–H and O–H groups in total. The molecule has 202 valence electrons. The lowest BCUT2D eigenvalue weighted by molar-refractivity contribution is -0.137. The zero-order valence-corrected chi connectivity index (χ0v) is 22.6. The van der Waals surface area contributed by atoms with E-state index in [2.05, 4.69) is 15.5 Å². The summed E-state index contributed by atoms with van der Waals surface area (Å²) in [5.41, 5.74) is 0.589. The molecule has 2 unspecified atom stereocenters. The van der Waals surface area contributed by atoms with Gasteiger partial charge in [0.05, 0.1) is 16.7 Å². The second-order valence-electron chi connectivity index (χ2n) is 9.39. The van der Waals surface area contributed by atoms with Gasteiger partial charge in [0.1, 0.15) is 29.9 Å². The van der Waals surface area contributed by atoms with Gasteiger partial charge in [0.25, 0.3) is 0 Å². The molecule has 1 fully saturated rings. The Morgan fingerprint density at radius 2 is 1.72 bits per heavy atom. The van der Waals surface area contributed by atoms with Crippen LogP contribution in [0.25, 0.3) is 0 Å². The number of carbonyl (C=O) groups is 2. The van der Waals surface area contributed by atoms with Crippen molar-refractivity contribution < 1.29 is 18.7 Å². The number of nitrogens with one attached hydrogen (secondary N) is 1. The van der Waals surface area contributed by atoms with Crippen LogP contribution in [0.2, 0.25) is 4.34 Å². The van der Waals surface area contributed by atoms with Gasteiger partial charge in [-0.2, -0.15) is 15.0 Å². The SMILES string of the molecule is O=C(Nc1ccc(Oc2ccc(F)cc2)cc1)C1CC(CCCc2ccc(Cl)s2)CN1C(=O)Cn1nccn1. The lowest BCUT2D eigenvalue weighted by Crippen LogP contribution is -2.44. The van der Waals surface area contributed by atoms with E-state index in [0.717, 1.165) is 23.6 Å². The minimum Gasteiger partial charge on any atom is -0.457 e. The first-order chi connectivity index (χ1) is 18.9. The van der Waals surface area contributed by atoms with E-state index in [1.807, 2.05) is 12.1 Å². The number of halogens is 2. The predicted octanol–water partition coefficient (Wildman–Crippen LogP) is 5.80. The van der Waals surface area contributed by atoms with Gasteiger partial charge in [0.15, 0.2) is 0 Å². The topological polar surface area (TPSA) is 89.4 Å². The van der Waals surface area contributed by atoms with E-state index in [1.54, 1.807) is 52.6 Å². The summed E-state index contributed by atoms with van der Waals surface area (Å²) in [6.45, 7) is 0.487. The fourth-order valence-electron chi connectivity index (χ4n) is 4.71. The van der Waals surface area contributed by atoms with E-state index in [1.165, 1.54) is 34.2 Å². The van der Waals surface area contributed by atoms with Crippen LogP contribution in [-0.2, 0) is 22.6 Å². The van der Waals surface area contributed by atoms with Crippen molar-refractivity contribution in [2.24, 2.45) is 5.92 Å². The van der Waals surface area contributed by atoms with E-state index in [0.29, 0.717) is 30.2 Å². The number of aryl methyl sites for hydroxylation is 1. The number of hydrogen-bond donors (Lipinski definition) is 1. The van der Waals surface area contributed by atoms with E-state index < -0.39 is 6.04 Å². The number of anilines is 1. The summed E-state index contributed by atoms with van der Waals surface area (Å²) < 4.78 is 19.6. The first-order valence-electron chi connectivity index (χ1n) is 12.6. The molecule has 1 aliphatic heterocycles. The fourth-order valence-corrected chi connectivity index (χ4v) is 5.84. The third-order valence-corrected chi connectivity index (χ3v) is 7.88. The van der Waals surface area contributed by atoms with Crippen LogP contribution >= 0.6 is 22.9 Å². The first kappa shape index (κ1) is 26.8. The minimum absolute atomic E-state index is 0.0212. The molecule has 2 amide bonds. The largest absolute Gasteiger partial charge is 0.457 e. The Morgan fingerprint density at radius 3 is 2.38 bits per heavy atom. The Hall–Kier alpha value is -3.76. The molecule has 11 heteroatoms. The van der Waals surface area contributed by atoms with Crippen LogP contribution in [-0.4, -0.2) is 44.3 Å². The van der Waals surface area contributed by atoms with Gasteiger partial charge in [-0.05, 0) is 92.3 Å². The van der Waals surface area contributed by atoms with Gasteiger partial charge in [0.2, 0.25) is 11.8 Å². The first-order valence-corrected chi connectivity index (χ1v) is 13.8. The van der Waals surface area contributed by atoms with Crippen molar-refractivity contribution in [3.63, 3.8) is 0 Å². The molecule has 0 saturated carbocycles. The monoisotopic (exact) mass is 567 g/mol. The molecule has 39 heavy (non-hydrogen) atoms. The molecule has 2 atom stereocenters. The van der Waals surface area contributed by atoms with Crippen LogP contribution in [0.15, 0.2) is 73.1 Å². The summed E-state index contributed by atoms with van der Waals surface area (Å²) in [7, 11) is 0. The summed E-state index contributed by atoms with van der Waals surface area (Å²) >= 11 is 7.63. The molecule has 1 saturated heterocycles. The van der Waals surface area contributed by atoms with Crippen molar-refractivity contribution in [2.45, 2.75) is 38.3 Å². The Bertz CT molecular complexity index is 1400. The second kappa shape index (κ2) is 12.4. The Kier molecular flexibility index (Phi) is 8.53. The number of rotatable bonds is 10. The van der Waals surface area contributed by atoms with E-state index >= 15 is 0 Å². The lowest BCUT2D eigenvalue weighted by atomic mass is 9.98. The lowest BCUT2D eigenvalue weighted by Gasteiger charge is -2.23. The van der Waals surface area contributed by atoms with Crippen LogP contribution in [0.1, 0.15) is 24.1 Å². The number of amides is 2. The third-order valence-electron chi connectivity index (χ3n) is 6.59. The highest BCUT2D eigenvalue weighted by atomic mass is 35.5. The Morgan fingerprint density at radius 1 is 1.03 bits per heavy atom. The summed E-state index contributed by atoms with van der Waals surface area (Å²) in [6, 6.07) is 16.0. The number of thiophene rings is 1. The van der Waals surface area contributed by atoms with Gasteiger partial charge in [-0.15, -0.1) is 11.3 Å². The molecule has 0 aliphatic carbocycles. The Balaban J connectivity index is 1.21. The van der Waals surface area contributed by atoms with Gasteiger partial charge >= 0.3 is 0 Å². The maximum absolute atomic E-state index is 13.4. The van der Waals surface area contributed by atoms with Crippen molar-refractivity contribution in [3.05, 3.63) is 88.1 Å². The number of hydrogen-bond acceptors (Lipinski definition) is 6. The van der Waals surface area contributed by atoms with Gasteiger partial charge in [-0.3, -0.25) is 9.59 Å². The van der Waals surface area contributed by atoms with Crippen LogP contribution in [0.5, 0.6) is 11.5 Å². The molecular formula is C28H27ClFN5O3S. The highest BCUT2D eigenvalue weighted by Gasteiger charge is 2.39. The van der Waals surface area contributed by atoms with Crippen LogP contribution in [0.4, 0.5) is 10.1 Å². The number of likely N-dealkylation sites (tertiary alicyclic amines) is 1. The molecule has 2 aromatic carbocycles. The van der Waals surface area contributed by atoms with Crippen molar-refractivity contribution in [1.82, 2.24) is 19.9 Å². The summed E-state index contributed by atoms with van der Waals surface area (Å²) in [4.78, 5) is 30.7. The molecular weight excluding hydrogens is 541 g/mol. The van der Waals surface area contributed by atoms with Gasteiger partial charge in [-0.25, -0.2) is 4.39 Å². The van der Waals surface area contributed by atoms with Crippen LogP contribution in [0.3, 0.4) is 0 Å². The number of nitrogens with zero attached hydrogens (tertiary/aromatic N) is 4. The molecule has 5 rings (SSSR count). The quantitative estimate of drug-likeness (QED) is 0.261. The molecule has 3 heterocycles. The molecule has 4 aromatic rings. The molecule has 0 bridgehead atoms. The highest BCUT2D eigenvalue weighted by Crippen LogP contribution is 2.30. The van der Waals surface area contributed by atoms with Crippen molar-refractivity contribution >= 4 is 40.4 Å². The molecule has 0 spiro atoms. The molecule has 2 aromatic heterocycles. The van der Waals surface area contributed by atoms with E-state index in [4.69, 9.17) is 16.3 Å². The fraction of sp³-hybridized carbons (Fsp3) is 0.286. The normalized spacial score (nSPS) is 16.8. The van der Waals surface area contributed by atoms with Gasteiger partial charge < -0.3 is 15.0 Å².